The number of hydrazone groups is 1. The molecule has 2 aromatic rings. The topological polar surface area (TPSA) is 79.8 Å². The number of hydrogen-bond acceptors (Lipinski definition) is 4. The number of ether oxygens (including phenoxy) is 1. The number of carbonyl (C=O) groups is 2. The van der Waals surface area contributed by atoms with Crippen LogP contribution >= 0.6 is 15.9 Å². The van der Waals surface area contributed by atoms with Crippen molar-refractivity contribution in [1.29, 1.82) is 0 Å². The number of halogens is 1. The summed E-state index contributed by atoms with van der Waals surface area (Å²) in [4.78, 5) is 24.0. The minimum atomic E-state index is -0.417. The van der Waals surface area contributed by atoms with E-state index in [0.29, 0.717) is 17.0 Å². The lowest BCUT2D eigenvalue weighted by Crippen LogP contribution is -2.35. The van der Waals surface area contributed by atoms with Gasteiger partial charge in [-0.1, -0.05) is 40.2 Å². The number of methoxy groups -OCH3 is 1. The van der Waals surface area contributed by atoms with E-state index in [0.717, 1.165) is 10.0 Å². The third-order valence-electron chi connectivity index (χ3n) is 3.37. The molecule has 2 aromatic carbocycles. The summed E-state index contributed by atoms with van der Waals surface area (Å²) in [5.74, 6) is -0.356. The van der Waals surface area contributed by atoms with Gasteiger partial charge in [0.25, 0.3) is 11.8 Å². The minimum Gasteiger partial charge on any atom is -0.496 e. The number of carbonyl (C=O) groups excluding carboxylic acids is 2. The fraction of sp³-hybridized carbons (Fsp3) is 0.167. The second kappa shape index (κ2) is 8.98. The molecule has 0 unspecified atom stereocenters. The number of para-hydroxylation sites is 1. The van der Waals surface area contributed by atoms with E-state index < -0.39 is 5.91 Å². The molecule has 2 amide bonds. The van der Waals surface area contributed by atoms with Crippen LogP contribution in [0.1, 0.15) is 22.8 Å². The van der Waals surface area contributed by atoms with Gasteiger partial charge in [0.15, 0.2) is 0 Å². The Morgan fingerprint density at radius 2 is 1.80 bits per heavy atom. The molecule has 0 fully saturated rings. The van der Waals surface area contributed by atoms with E-state index in [-0.39, 0.29) is 12.5 Å². The number of rotatable bonds is 6. The lowest BCUT2D eigenvalue weighted by molar-refractivity contribution is -0.120. The van der Waals surface area contributed by atoms with Gasteiger partial charge in [-0.15, -0.1) is 0 Å². The summed E-state index contributed by atoms with van der Waals surface area (Å²) in [6, 6.07) is 14.4. The van der Waals surface area contributed by atoms with Crippen LogP contribution in [0.15, 0.2) is 58.1 Å². The molecular weight excluding hydrogens is 386 g/mol. The molecule has 0 spiro atoms. The molecule has 130 valence electrons. The zero-order valence-corrected chi connectivity index (χ0v) is 15.5. The maximum atomic E-state index is 12.1. The summed E-state index contributed by atoms with van der Waals surface area (Å²) in [5.41, 5.74) is 4.34. The van der Waals surface area contributed by atoms with E-state index in [1.165, 1.54) is 7.11 Å². The first-order chi connectivity index (χ1) is 12.0. The Morgan fingerprint density at radius 3 is 2.48 bits per heavy atom. The fourth-order valence-electron chi connectivity index (χ4n) is 2.03. The van der Waals surface area contributed by atoms with Gasteiger partial charge in [0, 0.05) is 4.47 Å². The Bertz CT molecular complexity index is 788. The van der Waals surface area contributed by atoms with E-state index in [1.807, 2.05) is 24.3 Å². The smallest absolute Gasteiger partial charge is 0.259 e. The summed E-state index contributed by atoms with van der Waals surface area (Å²) < 4.78 is 6.09. The van der Waals surface area contributed by atoms with E-state index in [9.17, 15) is 9.59 Å². The zero-order chi connectivity index (χ0) is 18.2. The van der Waals surface area contributed by atoms with Crippen molar-refractivity contribution >= 4 is 33.5 Å². The molecule has 0 aliphatic heterocycles. The highest BCUT2D eigenvalue weighted by Crippen LogP contribution is 2.16. The van der Waals surface area contributed by atoms with E-state index in [2.05, 4.69) is 31.8 Å². The summed E-state index contributed by atoms with van der Waals surface area (Å²) in [6.45, 7) is 1.60. The summed E-state index contributed by atoms with van der Waals surface area (Å²) in [5, 5.41) is 6.57. The van der Waals surface area contributed by atoms with Crippen molar-refractivity contribution in [2.75, 3.05) is 13.7 Å². The Labute approximate surface area is 154 Å². The highest BCUT2D eigenvalue weighted by atomic mass is 79.9. The molecule has 0 aliphatic carbocycles. The molecule has 0 heterocycles. The molecule has 0 aliphatic rings. The molecule has 0 aromatic heterocycles. The monoisotopic (exact) mass is 403 g/mol. The van der Waals surface area contributed by atoms with Gasteiger partial charge in [-0.05, 0) is 36.8 Å². The maximum Gasteiger partial charge on any atom is 0.259 e. The molecule has 0 saturated heterocycles. The van der Waals surface area contributed by atoms with Gasteiger partial charge in [0.2, 0.25) is 0 Å². The maximum absolute atomic E-state index is 12.1. The quantitative estimate of drug-likeness (QED) is 0.574. The normalized spacial score (nSPS) is 10.9. The average Bonchev–Trinajstić information content (AvgIpc) is 2.64. The molecular formula is C18H18BrN3O3. The zero-order valence-electron chi connectivity index (χ0n) is 13.9. The van der Waals surface area contributed by atoms with Gasteiger partial charge in [-0.25, -0.2) is 5.43 Å². The SMILES string of the molecule is COc1ccccc1C(=O)NCC(=O)N/N=C(\C)c1ccc(Br)cc1. The Kier molecular flexibility index (Phi) is 6.71. The van der Waals surface area contributed by atoms with Gasteiger partial charge in [0.1, 0.15) is 5.75 Å². The molecule has 6 nitrogen and oxygen atoms in total. The predicted molar refractivity (Wildman–Crippen MR) is 99.8 cm³/mol. The van der Waals surface area contributed by atoms with Crippen molar-refractivity contribution in [3.63, 3.8) is 0 Å². The van der Waals surface area contributed by atoms with Crippen LogP contribution in [0.5, 0.6) is 5.75 Å². The molecule has 0 bridgehead atoms. The molecule has 2 rings (SSSR count). The van der Waals surface area contributed by atoms with Crippen LogP contribution in [0.2, 0.25) is 0 Å². The third-order valence-corrected chi connectivity index (χ3v) is 3.90. The Morgan fingerprint density at radius 1 is 1.12 bits per heavy atom. The van der Waals surface area contributed by atoms with Crippen LogP contribution in [0.3, 0.4) is 0 Å². The fourth-order valence-corrected chi connectivity index (χ4v) is 2.29. The minimum absolute atomic E-state index is 0.187. The lowest BCUT2D eigenvalue weighted by Gasteiger charge is -2.08. The average molecular weight is 404 g/mol. The second-order valence-electron chi connectivity index (χ2n) is 5.12. The van der Waals surface area contributed by atoms with Crippen molar-refractivity contribution in [1.82, 2.24) is 10.7 Å². The first-order valence-electron chi connectivity index (χ1n) is 7.51. The van der Waals surface area contributed by atoms with E-state index >= 15 is 0 Å². The number of amides is 2. The van der Waals surface area contributed by atoms with Gasteiger partial charge >= 0.3 is 0 Å². The van der Waals surface area contributed by atoms with Gasteiger partial charge in [-0.2, -0.15) is 5.10 Å². The van der Waals surface area contributed by atoms with Gasteiger partial charge < -0.3 is 10.1 Å². The number of hydrogen-bond donors (Lipinski definition) is 2. The highest BCUT2D eigenvalue weighted by Gasteiger charge is 2.12. The molecule has 0 atom stereocenters. The number of nitrogens with one attached hydrogen (secondary N) is 2. The molecule has 25 heavy (non-hydrogen) atoms. The largest absolute Gasteiger partial charge is 0.496 e. The van der Waals surface area contributed by atoms with Crippen molar-refractivity contribution in [3.05, 3.63) is 64.1 Å². The van der Waals surface area contributed by atoms with Gasteiger partial charge in [0.05, 0.1) is 24.9 Å². The van der Waals surface area contributed by atoms with Gasteiger partial charge in [-0.3, -0.25) is 9.59 Å². The Balaban J connectivity index is 1.89. The van der Waals surface area contributed by atoms with Crippen molar-refractivity contribution in [2.45, 2.75) is 6.92 Å². The van der Waals surface area contributed by atoms with Crippen LogP contribution in [-0.4, -0.2) is 31.2 Å². The predicted octanol–water partition coefficient (Wildman–Crippen LogP) is 2.73. The molecule has 7 heteroatoms. The van der Waals surface area contributed by atoms with Crippen molar-refractivity contribution in [2.24, 2.45) is 5.10 Å². The Hall–Kier alpha value is -2.67. The van der Waals surface area contributed by atoms with E-state index in [4.69, 9.17) is 4.74 Å². The summed E-state index contributed by atoms with van der Waals surface area (Å²) >= 11 is 3.36. The van der Waals surface area contributed by atoms with E-state index in [1.54, 1.807) is 31.2 Å². The molecule has 0 saturated carbocycles. The van der Waals surface area contributed by atoms with Crippen LogP contribution in [-0.2, 0) is 4.79 Å². The lowest BCUT2D eigenvalue weighted by atomic mass is 10.1. The first-order valence-corrected chi connectivity index (χ1v) is 8.31. The summed E-state index contributed by atoms with van der Waals surface area (Å²) in [7, 11) is 1.48. The highest BCUT2D eigenvalue weighted by molar-refractivity contribution is 9.10. The molecule has 0 radical (unpaired) electrons. The first kappa shape index (κ1) is 18.7. The second-order valence-corrected chi connectivity index (χ2v) is 6.04. The molecule has 2 N–H and O–H groups in total. The third kappa shape index (κ3) is 5.42. The number of nitrogens with zero attached hydrogens (tertiary/aromatic N) is 1. The van der Waals surface area contributed by atoms with Crippen LogP contribution in [0, 0.1) is 0 Å². The van der Waals surface area contributed by atoms with Crippen LogP contribution in [0.25, 0.3) is 0 Å². The van der Waals surface area contributed by atoms with Crippen molar-refractivity contribution < 1.29 is 14.3 Å². The van der Waals surface area contributed by atoms with Crippen LogP contribution < -0.4 is 15.5 Å². The standard InChI is InChI=1S/C18H18BrN3O3/c1-12(13-7-9-14(19)10-8-13)21-22-17(23)11-20-18(24)15-5-3-4-6-16(15)25-2/h3-10H,11H2,1-2H3,(H,20,24)(H,22,23)/b21-12+. The summed E-state index contributed by atoms with van der Waals surface area (Å²) in [6.07, 6.45) is 0. The van der Waals surface area contributed by atoms with Crippen molar-refractivity contribution in [3.8, 4) is 5.75 Å². The number of benzene rings is 2. The van der Waals surface area contributed by atoms with Crippen LogP contribution in [0.4, 0.5) is 0 Å².